The highest BCUT2D eigenvalue weighted by molar-refractivity contribution is 5.06. The Morgan fingerprint density at radius 3 is 2.85 bits per heavy atom. The predicted octanol–water partition coefficient (Wildman–Crippen LogP) is 1.82. The first kappa shape index (κ1) is 14.1. The molecule has 20 heavy (non-hydrogen) atoms. The molecular weight excluding hydrogens is 248 g/mol. The minimum Gasteiger partial charge on any atom is -0.310 e. The van der Waals surface area contributed by atoms with Gasteiger partial charge in [-0.05, 0) is 57.6 Å². The quantitative estimate of drug-likeness (QED) is 0.910. The van der Waals surface area contributed by atoms with Crippen molar-refractivity contribution in [1.82, 2.24) is 20.0 Å². The minimum absolute atomic E-state index is 0.333. The van der Waals surface area contributed by atoms with E-state index >= 15 is 0 Å². The van der Waals surface area contributed by atoms with Gasteiger partial charge < -0.3 is 5.32 Å². The average molecular weight is 276 g/mol. The topological polar surface area (TPSA) is 33.1 Å². The van der Waals surface area contributed by atoms with E-state index in [4.69, 9.17) is 0 Å². The number of nitrogens with zero attached hydrogens (tertiary/aromatic N) is 3. The fourth-order valence-corrected chi connectivity index (χ4v) is 3.55. The summed E-state index contributed by atoms with van der Waals surface area (Å²) in [5.41, 5.74) is 1.68. The van der Waals surface area contributed by atoms with Gasteiger partial charge in [-0.1, -0.05) is 0 Å². The molecule has 3 rings (SSSR count). The SMILES string of the molecule is CC1CCNC(C)(C2CC2)CN1CCc1cnn(C)c1. The van der Waals surface area contributed by atoms with Crippen LogP contribution in [0.1, 0.15) is 38.7 Å². The van der Waals surface area contributed by atoms with Crippen molar-refractivity contribution < 1.29 is 0 Å². The largest absolute Gasteiger partial charge is 0.310 e. The van der Waals surface area contributed by atoms with Gasteiger partial charge in [-0.25, -0.2) is 0 Å². The summed E-state index contributed by atoms with van der Waals surface area (Å²) in [6.07, 6.45) is 9.33. The van der Waals surface area contributed by atoms with E-state index in [1.807, 2.05) is 17.9 Å². The molecule has 2 heterocycles. The lowest BCUT2D eigenvalue weighted by atomic mass is 9.95. The van der Waals surface area contributed by atoms with Gasteiger partial charge in [-0.3, -0.25) is 9.58 Å². The molecule has 2 atom stereocenters. The van der Waals surface area contributed by atoms with E-state index in [1.165, 1.54) is 31.4 Å². The minimum atomic E-state index is 0.333. The van der Waals surface area contributed by atoms with Gasteiger partial charge >= 0.3 is 0 Å². The van der Waals surface area contributed by atoms with E-state index in [-0.39, 0.29) is 0 Å². The van der Waals surface area contributed by atoms with Gasteiger partial charge in [0.05, 0.1) is 6.20 Å². The lowest BCUT2D eigenvalue weighted by Crippen LogP contribution is -2.52. The molecule has 0 bridgehead atoms. The smallest absolute Gasteiger partial charge is 0.0522 e. The summed E-state index contributed by atoms with van der Waals surface area (Å²) in [6, 6.07) is 0.680. The van der Waals surface area contributed by atoms with Gasteiger partial charge in [0.2, 0.25) is 0 Å². The van der Waals surface area contributed by atoms with E-state index in [0.29, 0.717) is 11.6 Å². The Kier molecular flexibility index (Phi) is 3.87. The van der Waals surface area contributed by atoms with Crippen molar-refractivity contribution in [2.24, 2.45) is 13.0 Å². The Morgan fingerprint density at radius 2 is 2.20 bits per heavy atom. The second-order valence-electron chi connectivity index (χ2n) is 7.00. The van der Waals surface area contributed by atoms with Crippen LogP contribution in [0.25, 0.3) is 0 Å². The van der Waals surface area contributed by atoms with Crippen LogP contribution in [0.5, 0.6) is 0 Å². The number of hydrogen-bond acceptors (Lipinski definition) is 3. The van der Waals surface area contributed by atoms with Crippen molar-refractivity contribution in [3.05, 3.63) is 18.0 Å². The monoisotopic (exact) mass is 276 g/mol. The summed E-state index contributed by atoms with van der Waals surface area (Å²) in [6.45, 7) is 8.32. The predicted molar refractivity (Wildman–Crippen MR) is 81.7 cm³/mol. The molecule has 0 aromatic carbocycles. The van der Waals surface area contributed by atoms with Gasteiger partial charge in [0.25, 0.3) is 0 Å². The number of aryl methyl sites for hydroxylation is 1. The molecule has 4 heteroatoms. The van der Waals surface area contributed by atoms with E-state index in [2.05, 4.69) is 35.4 Å². The maximum absolute atomic E-state index is 4.27. The average Bonchev–Trinajstić information content (AvgIpc) is 3.19. The molecule has 0 radical (unpaired) electrons. The van der Waals surface area contributed by atoms with Gasteiger partial charge in [-0.2, -0.15) is 5.10 Å². The standard InChI is InChI=1S/C16H28N4/c1-13-6-8-17-16(2,15-4-5-15)12-20(13)9-7-14-10-18-19(3)11-14/h10-11,13,15,17H,4-9,12H2,1-3H3. The van der Waals surface area contributed by atoms with Crippen molar-refractivity contribution in [1.29, 1.82) is 0 Å². The van der Waals surface area contributed by atoms with E-state index in [9.17, 15) is 0 Å². The normalized spacial score (nSPS) is 32.2. The van der Waals surface area contributed by atoms with Gasteiger partial charge in [-0.15, -0.1) is 0 Å². The van der Waals surface area contributed by atoms with E-state index in [0.717, 1.165) is 25.4 Å². The molecular formula is C16H28N4. The summed E-state index contributed by atoms with van der Waals surface area (Å²) in [4.78, 5) is 2.69. The molecule has 1 aromatic rings. The molecule has 2 fully saturated rings. The maximum atomic E-state index is 4.27. The lowest BCUT2D eigenvalue weighted by Gasteiger charge is -2.35. The zero-order chi connectivity index (χ0) is 14.2. The molecule has 1 saturated carbocycles. The number of aromatic nitrogens is 2. The van der Waals surface area contributed by atoms with Crippen molar-refractivity contribution >= 4 is 0 Å². The van der Waals surface area contributed by atoms with Crippen molar-refractivity contribution in [2.45, 2.75) is 51.1 Å². The molecule has 1 saturated heterocycles. The summed E-state index contributed by atoms with van der Waals surface area (Å²) in [5.74, 6) is 0.897. The molecule has 2 unspecified atom stereocenters. The summed E-state index contributed by atoms with van der Waals surface area (Å²) >= 11 is 0. The van der Waals surface area contributed by atoms with E-state index < -0.39 is 0 Å². The second-order valence-corrected chi connectivity index (χ2v) is 7.00. The van der Waals surface area contributed by atoms with Crippen LogP contribution in [0.15, 0.2) is 12.4 Å². The molecule has 112 valence electrons. The molecule has 1 aliphatic heterocycles. The zero-order valence-corrected chi connectivity index (χ0v) is 13.1. The Bertz CT molecular complexity index is 451. The van der Waals surface area contributed by atoms with Crippen LogP contribution in [0, 0.1) is 5.92 Å². The summed E-state index contributed by atoms with van der Waals surface area (Å²) < 4.78 is 1.90. The Labute approximate surface area is 122 Å². The van der Waals surface area contributed by atoms with Crippen LogP contribution in [0.4, 0.5) is 0 Å². The third kappa shape index (κ3) is 3.07. The maximum Gasteiger partial charge on any atom is 0.0522 e. The highest BCUT2D eigenvalue weighted by Crippen LogP contribution is 2.41. The fraction of sp³-hybridized carbons (Fsp3) is 0.812. The number of hydrogen-bond donors (Lipinski definition) is 1. The van der Waals surface area contributed by atoms with Crippen LogP contribution in [0.2, 0.25) is 0 Å². The van der Waals surface area contributed by atoms with Crippen molar-refractivity contribution in [2.75, 3.05) is 19.6 Å². The van der Waals surface area contributed by atoms with Gasteiger partial charge in [0.1, 0.15) is 0 Å². The first-order chi connectivity index (χ1) is 9.57. The van der Waals surface area contributed by atoms with Crippen LogP contribution >= 0.6 is 0 Å². The first-order valence-corrected chi connectivity index (χ1v) is 8.03. The molecule has 1 aliphatic carbocycles. The van der Waals surface area contributed by atoms with E-state index in [1.54, 1.807) is 0 Å². The Morgan fingerprint density at radius 1 is 1.40 bits per heavy atom. The molecule has 1 N–H and O–H groups in total. The zero-order valence-electron chi connectivity index (χ0n) is 13.1. The molecule has 4 nitrogen and oxygen atoms in total. The molecule has 0 amide bonds. The third-order valence-electron chi connectivity index (χ3n) is 5.17. The lowest BCUT2D eigenvalue weighted by molar-refractivity contribution is 0.164. The van der Waals surface area contributed by atoms with Crippen molar-refractivity contribution in [3.8, 4) is 0 Å². The highest BCUT2D eigenvalue weighted by Gasteiger charge is 2.43. The van der Waals surface area contributed by atoms with Crippen molar-refractivity contribution in [3.63, 3.8) is 0 Å². The molecule has 0 spiro atoms. The Hall–Kier alpha value is -0.870. The highest BCUT2D eigenvalue weighted by atomic mass is 15.2. The third-order valence-corrected chi connectivity index (χ3v) is 5.17. The van der Waals surface area contributed by atoms with Gasteiger partial charge in [0.15, 0.2) is 0 Å². The van der Waals surface area contributed by atoms with Crippen LogP contribution in [-0.2, 0) is 13.5 Å². The second kappa shape index (κ2) is 5.49. The fourth-order valence-electron chi connectivity index (χ4n) is 3.55. The van der Waals surface area contributed by atoms with Crippen LogP contribution < -0.4 is 5.32 Å². The first-order valence-electron chi connectivity index (χ1n) is 8.03. The summed E-state index contributed by atoms with van der Waals surface area (Å²) in [7, 11) is 1.99. The summed E-state index contributed by atoms with van der Waals surface area (Å²) in [5, 5.41) is 8.10. The number of nitrogens with one attached hydrogen (secondary N) is 1. The number of rotatable bonds is 4. The van der Waals surface area contributed by atoms with Crippen LogP contribution in [0.3, 0.4) is 0 Å². The van der Waals surface area contributed by atoms with Gasteiger partial charge in [0, 0.05) is 37.9 Å². The Balaban J connectivity index is 1.62. The van der Waals surface area contributed by atoms with Crippen LogP contribution in [-0.4, -0.2) is 45.9 Å². The molecule has 2 aliphatic rings. The molecule has 1 aromatic heterocycles.